The van der Waals surface area contributed by atoms with E-state index in [-0.39, 0.29) is 12.0 Å². The van der Waals surface area contributed by atoms with E-state index < -0.39 is 0 Å². The molecule has 1 heterocycles. The summed E-state index contributed by atoms with van der Waals surface area (Å²) in [7, 11) is 0. The number of pyridine rings is 1. The first-order valence-electron chi connectivity index (χ1n) is 6.33. The Bertz CT molecular complexity index is 526. The molecule has 0 spiro atoms. The van der Waals surface area contributed by atoms with Crippen LogP contribution < -0.4 is 0 Å². The number of aliphatic hydroxyl groups is 1. The van der Waals surface area contributed by atoms with E-state index in [0.717, 1.165) is 10.6 Å². The highest BCUT2D eigenvalue weighted by Gasteiger charge is 2.12. The van der Waals surface area contributed by atoms with E-state index in [9.17, 15) is 0 Å². The summed E-state index contributed by atoms with van der Waals surface area (Å²) in [5, 5.41) is 9.92. The number of benzene rings is 1. The van der Waals surface area contributed by atoms with E-state index in [1.807, 2.05) is 12.1 Å². The van der Waals surface area contributed by atoms with Crippen LogP contribution in [0.3, 0.4) is 0 Å². The zero-order valence-electron chi connectivity index (χ0n) is 11.6. The first-order chi connectivity index (χ1) is 8.99. The average molecular weight is 273 g/mol. The lowest BCUT2D eigenvalue weighted by atomic mass is 9.87. The van der Waals surface area contributed by atoms with Crippen molar-refractivity contribution < 1.29 is 5.11 Å². The Hall–Kier alpha value is -1.32. The predicted octanol–water partition coefficient (Wildman–Crippen LogP) is 4.02. The number of aromatic nitrogens is 1. The first-order valence-corrected chi connectivity index (χ1v) is 7.15. The van der Waals surface area contributed by atoms with E-state index in [0.29, 0.717) is 0 Å². The lowest BCUT2D eigenvalue weighted by molar-refractivity contribution is 0.281. The minimum atomic E-state index is 0.0399. The maximum atomic E-state index is 8.98. The van der Waals surface area contributed by atoms with Crippen molar-refractivity contribution in [2.45, 2.75) is 42.7 Å². The van der Waals surface area contributed by atoms with Crippen LogP contribution in [0.1, 0.15) is 31.9 Å². The Morgan fingerprint density at radius 1 is 1.05 bits per heavy atom. The van der Waals surface area contributed by atoms with E-state index in [1.54, 1.807) is 18.0 Å². The lowest BCUT2D eigenvalue weighted by Crippen LogP contribution is -2.10. The molecule has 0 saturated heterocycles. The fourth-order valence-corrected chi connectivity index (χ4v) is 2.46. The normalized spacial score (nSPS) is 11.6. The largest absolute Gasteiger partial charge is 0.392 e. The summed E-state index contributed by atoms with van der Waals surface area (Å²) >= 11 is 1.63. The molecular formula is C16H19NOS. The van der Waals surface area contributed by atoms with Gasteiger partial charge in [-0.15, -0.1) is 0 Å². The smallest absolute Gasteiger partial charge is 0.101 e. The summed E-state index contributed by atoms with van der Waals surface area (Å²) in [5.74, 6) is 0. The van der Waals surface area contributed by atoms with Crippen LogP contribution in [0, 0.1) is 0 Å². The topological polar surface area (TPSA) is 33.1 Å². The zero-order valence-corrected chi connectivity index (χ0v) is 12.4. The molecule has 100 valence electrons. The van der Waals surface area contributed by atoms with Gasteiger partial charge in [0.25, 0.3) is 0 Å². The van der Waals surface area contributed by atoms with Crippen molar-refractivity contribution >= 4 is 11.8 Å². The van der Waals surface area contributed by atoms with Crippen LogP contribution >= 0.6 is 11.8 Å². The molecule has 2 aromatic rings. The van der Waals surface area contributed by atoms with E-state index >= 15 is 0 Å². The highest BCUT2D eigenvalue weighted by atomic mass is 32.2. The molecule has 0 atom stereocenters. The van der Waals surface area contributed by atoms with Crippen LogP contribution in [0.25, 0.3) is 0 Å². The molecule has 0 aliphatic carbocycles. The average Bonchev–Trinajstić information content (AvgIpc) is 2.39. The standard InChI is InChI=1S/C16H19NOS/c1-16(2,3)13-5-7-14(8-6-13)19-15-9-4-12(11-18)10-17-15/h4-10,18H,11H2,1-3H3. The summed E-state index contributed by atoms with van der Waals surface area (Å²) in [6.07, 6.45) is 1.71. The van der Waals surface area contributed by atoms with Gasteiger partial charge in [0.05, 0.1) is 6.61 Å². The zero-order chi connectivity index (χ0) is 13.9. The van der Waals surface area contributed by atoms with Crippen LogP contribution in [0.2, 0.25) is 0 Å². The molecular weight excluding hydrogens is 254 g/mol. The summed E-state index contributed by atoms with van der Waals surface area (Å²) in [6.45, 7) is 6.68. The molecule has 0 aliphatic rings. The van der Waals surface area contributed by atoms with Crippen molar-refractivity contribution in [3.63, 3.8) is 0 Å². The van der Waals surface area contributed by atoms with E-state index in [1.165, 1.54) is 10.5 Å². The van der Waals surface area contributed by atoms with Gasteiger partial charge in [-0.2, -0.15) is 0 Å². The first kappa shape index (κ1) is 14.1. The number of rotatable bonds is 3. The van der Waals surface area contributed by atoms with E-state index in [2.05, 4.69) is 50.0 Å². The molecule has 2 rings (SSSR count). The van der Waals surface area contributed by atoms with Gasteiger partial charge < -0.3 is 5.11 Å². The molecule has 0 aliphatic heterocycles. The molecule has 1 aromatic carbocycles. The maximum Gasteiger partial charge on any atom is 0.101 e. The van der Waals surface area contributed by atoms with Gasteiger partial charge >= 0.3 is 0 Å². The molecule has 0 amide bonds. The van der Waals surface area contributed by atoms with Gasteiger partial charge in [-0.25, -0.2) is 4.98 Å². The highest BCUT2D eigenvalue weighted by Crippen LogP contribution is 2.29. The Morgan fingerprint density at radius 2 is 1.74 bits per heavy atom. The van der Waals surface area contributed by atoms with Gasteiger partial charge in [-0.1, -0.05) is 50.7 Å². The molecule has 0 bridgehead atoms. The predicted molar refractivity (Wildman–Crippen MR) is 79.4 cm³/mol. The van der Waals surface area contributed by atoms with Gasteiger partial charge in [-0.3, -0.25) is 0 Å². The molecule has 0 radical (unpaired) electrons. The van der Waals surface area contributed by atoms with Crippen LogP contribution in [0.15, 0.2) is 52.5 Å². The van der Waals surface area contributed by atoms with Crippen LogP contribution in [-0.2, 0) is 12.0 Å². The fourth-order valence-electron chi connectivity index (χ4n) is 1.71. The molecule has 0 unspecified atom stereocenters. The number of hydrogen-bond donors (Lipinski definition) is 1. The molecule has 2 nitrogen and oxygen atoms in total. The third-order valence-electron chi connectivity index (χ3n) is 2.92. The number of aliphatic hydroxyl groups excluding tert-OH is 1. The van der Waals surface area contributed by atoms with Crippen molar-refractivity contribution in [2.75, 3.05) is 0 Å². The van der Waals surface area contributed by atoms with Gasteiger partial charge in [0.15, 0.2) is 0 Å². The monoisotopic (exact) mass is 273 g/mol. The summed E-state index contributed by atoms with van der Waals surface area (Å²) in [5.41, 5.74) is 2.36. The van der Waals surface area contributed by atoms with Crippen molar-refractivity contribution in [1.29, 1.82) is 0 Å². The second-order valence-electron chi connectivity index (χ2n) is 5.54. The second kappa shape index (κ2) is 5.76. The Morgan fingerprint density at radius 3 is 2.21 bits per heavy atom. The van der Waals surface area contributed by atoms with Crippen molar-refractivity contribution in [3.05, 3.63) is 53.7 Å². The van der Waals surface area contributed by atoms with Crippen molar-refractivity contribution in [2.24, 2.45) is 0 Å². The molecule has 1 N–H and O–H groups in total. The Labute approximate surface area is 118 Å². The van der Waals surface area contributed by atoms with Gasteiger partial charge in [0.2, 0.25) is 0 Å². The number of hydrogen-bond acceptors (Lipinski definition) is 3. The summed E-state index contributed by atoms with van der Waals surface area (Å²) < 4.78 is 0. The minimum absolute atomic E-state index is 0.0399. The van der Waals surface area contributed by atoms with Gasteiger partial charge in [0.1, 0.15) is 5.03 Å². The molecule has 0 saturated carbocycles. The summed E-state index contributed by atoms with van der Waals surface area (Å²) in [6, 6.07) is 12.4. The SMILES string of the molecule is CC(C)(C)c1ccc(Sc2ccc(CO)cn2)cc1. The molecule has 1 aromatic heterocycles. The summed E-state index contributed by atoms with van der Waals surface area (Å²) in [4.78, 5) is 5.50. The van der Waals surface area contributed by atoms with Crippen molar-refractivity contribution in [3.8, 4) is 0 Å². The second-order valence-corrected chi connectivity index (χ2v) is 6.63. The Kier molecular flexibility index (Phi) is 4.27. The third kappa shape index (κ3) is 3.82. The number of nitrogens with zero attached hydrogens (tertiary/aromatic N) is 1. The minimum Gasteiger partial charge on any atom is -0.392 e. The van der Waals surface area contributed by atoms with Crippen LogP contribution in [-0.4, -0.2) is 10.1 Å². The molecule has 3 heteroatoms. The van der Waals surface area contributed by atoms with E-state index in [4.69, 9.17) is 5.11 Å². The Balaban J connectivity index is 2.10. The van der Waals surface area contributed by atoms with Gasteiger partial charge in [0, 0.05) is 11.1 Å². The van der Waals surface area contributed by atoms with Crippen LogP contribution in [0.4, 0.5) is 0 Å². The van der Waals surface area contributed by atoms with Crippen molar-refractivity contribution in [1.82, 2.24) is 4.98 Å². The highest BCUT2D eigenvalue weighted by molar-refractivity contribution is 7.99. The van der Waals surface area contributed by atoms with Gasteiger partial charge in [-0.05, 0) is 34.7 Å². The lowest BCUT2D eigenvalue weighted by Gasteiger charge is -2.18. The third-order valence-corrected chi connectivity index (χ3v) is 3.88. The molecule has 19 heavy (non-hydrogen) atoms. The maximum absolute atomic E-state index is 8.98. The van der Waals surface area contributed by atoms with Crippen LogP contribution in [0.5, 0.6) is 0 Å². The quantitative estimate of drug-likeness (QED) is 0.916. The molecule has 0 fully saturated rings. The fraction of sp³-hybridized carbons (Fsp3) is 0.312.